The number of hydrogen-bond donors (Lipinski definition) is 3. The predicted molar refractivity (Wildman–Crippen MR) is 51.0 cm³/mol. The van der Waals surface area contributed by atoms with E-state index in [-0.39, 0.29) is 12.1 Å². The van der Waals surface area contributed by atoms with Crippen LogP contribution in [0.3, 0.4) is 0 Å². The van der Waals surface area contributed by atoms with E-state index in [0.717, 1.165) is 13.1 Å². The van der Waals surface area contributed by atoms with E-state index in [1.54, 1.807) is 0 Å². The highest BCUT2D eigenvalue weighted by Crippen LogP contribution is 1.89. The van der Waals surface area contributed by atoms with E-state index in [0.29, 0.717) is 13.2 Å². The lowest BCUT2D eigenvalue weighted by Crippen LogP contribution is -2.33. The van der Waals surface area contributed by atoms with Gasteiger partial charge in [-0.2, -0.15) is 0 Å². The molecule has 0 aliphatic rings. The highest BCUT2D eigenvalue weighted by molar-refractivity contribution is 4.58. The molecule has 0 saturated heterocycles. The second kappa shape index (κ2) is 7.49. The van der Waals surface area contributed by atoms with Crippen molar-refractivity contribution in [2.45, 2.75) is 26.0 Å². The smallest absolute Gasteiger partial charge is 0.0672 e. The molecule has 5 N–H and O–H groups in total. The largest absolute Gasteiger partial charge is 0.376 e. The Labute approximate surface area is 74.6 Å². The van der Waals surface area contributed by atoms with E-state index in [1.165, 1.54) is 0 Å². The molecule has 0 radical (unpaired) electrons. The molecule has 4 nitrogen and oxygen atoms in total. The number of hydrogen-bond acceptors (Lipinski definition) is 4. The number of rotatable bonds is 7. The topological polar surface area (TPSA) is 73.3 Å². The van der Waals surface area contributed by atoms with Crippen molar-refractivity contribution in [3.63, 3.8) is 0 Å². The molecule has 0 bridgehead atoms. The summed E-state index contributed by atoms with van der Waals surface area (Å²) in [5.74, 6) is 0. The summed E-state index contributed by atoms with van der Waals surface area (Å²) in [6, 6.07) is 0.113. The molecule has 0 aliphatic carbocycles. The van der Waals surface area contributed by atoms with Gasteiger partial charge in [-0.15, -0.1) is 0 Å². The van der Waals surface area contributed by atoms with Crippen LogP contribution < -0.4 is 16.8 Å². The Morgan fingerprint density at radius 1 is 1.42 bits per heavy atom. The fourth-order valence-electron chi connectivity index (χ4n) is 0.782. The van der Waals surface area contributed by atoms with Gasteiger partial charge in [0.1, 0.15) is 0 Å². The number of nitrogens with one attached hydrogen (secondary N) is 1. The van der Waals surface area contributed by atoms with Crippen LogP contribution in [0, 0.1) is 0 Å². The van der Waals surface area contributed by atoms with E-state index in [2.05, 4.69) is 5.32 Å². The highest BCUT2D eigenvalue weighted by atomic mass is 16.5. The zero-order chi connectivity index (χ0) is 9.40. The van der Waals surface area contributed by atoms with Crippen molar-refractivity contribution in [3.8, 4) is 0 Å². The molecule has 74 valence electrons. The molecule has 2 unspecified atom stereocenters. The van der Waals surface area contributed by atoms with Gasteiger partial charge in [0.25, 0.3) is 0 Å². The standard InChI is InChI=1S/C8H21N3O/c1-7(10)6-12-8(2)5-11-4-3-9/h7-8,11H,3-6,9-10H2,1-2H3. The zero-order valence-corrected chi connectivity index (χ0v) is 8.05. The van der Waals surface area contributed by atoms with Crippen molar-refractivity contribution in [1.29, 1.82) is 0 Å². The van der Waals surface area contributed by atoms with Crippen LogP contribution in [0.5, 0.6) is 0 Å². The van der Waals surface area contributed by atoms with Crippen LogP contribution in [0.4, 0.5) is 0 Å². The molecule has 4 heteroatoms. The first-order valence-corrected chi connectivity index (χ1v) is 4.44. The minimum absolute atomic E-state index is 0.113. The second-order valence-corrected chi connectivity index (χ2v) is 3.11. The number of ether oxygens (including phenoxy) is 1. The van der Waals surface area contributed by atoms with Crippen LogP contribution in [0.1, 0.15) is 13.8 Å². The van der Waals surface area contributed by atoms with Gasteiger partial charge in [-0.05, 0) is 13.8 Å². The molecule has 0 aromatic heterocycles. The Kier molecular flexibility index (Phi) is 7.39. The van der Waals surface area contributed by atoms with Crippen LogP contribution in [0.15, 0.2) is 0 Å². The summed E-state index contributed by atoms with van der Waals surface area (Å²) in [4.78, 5) is 0. The Bertz CT molecular complexity index is 98.3. The molecule has 0 fully saturated rings. The van der Waals surface area contributed by atoms with Crippen molar-refractivity contribution in [1.82, 2.24) is 5.32 Å². The minimum Gasteiger partial charge on any atom is -0.376 e. The summed E-state index contributed by atoms with van der Waals surface area (Å²) in [6.45, 7) is 6.91. The zero-order valence-electron chi connectivity index (χ0n) is 8.05. The summed E-state index contributed by atoms with van der Waals surface area (Å²) in [6.07, 6.45) is 0.211. The van der Waals surface area contributed by atoms with Gasteiger partial charge in [0.2, 0.25) is 0 Å². The lowest BCUT2D eigenvalue weighted by atomic mass is 10.3. The van der Waals surface area contributed by atoms with E-state index < -0.39 is 0 Å². The van der Waals surface area contributed by atoms with Crippen molar-refractivity contribution in [2.24, 2.45) is 11.5 Å². The molecule has 12 heavy (non-hydrogen) atoms. The third-order valence-corrected chi connectivity index (χ3v) is 1.40. The molecular weight excluding hydrogens is 154 g/mol. The Morgan fingerprint density at radius 2 is 2.08 bits per heavy atom. The molecular formula is C8H21N3O. The normalized spacial score (nSPS) is 16.0. The van der Waals surface area contributed by atoms with Crippen LogP contribution in [0.25, 0.3) is 0 Å². The first-order chi connectivity index (χ1) is 5.66. The van der Waals surface area contributed by atoms with Gasteiger partial charge in [0.15, 0.2) is 0 Å². The predicted octanol–water partition coefficient (Wildman–Crippen LogP) is -0.713. The SMILES string of the molecule is CC(N)COC(C)CNCCN. The van der Waals surface area contributed by atoms with Gasteiger partial charge < -0.3 is 21.5 Å². The molecule has 2 atom stereocenters. The van der Waals surface area contributed by atoms with Crippen molar-refractivity contribution < 1.29 is 4.74 Å². The molecule has 0 aliphatic heterocycles. The first kappa shape index (κ1) is 11.8. The highest BCUT2D eigenvalue weighted by Gasteiger charge is 2.02. The second-order valence-electron chi connectivity index (χ2n) is 3.11. The lowest BCUT2D eigenvalue weighted by molar-refractivity contribution is 0.0592. The Hall–Kier alpha value is -0.160. The van der Waals surface area contributed by atoms with Crippen LogP contribution in [-0.2, 0) is 4.74 Å². The van der Waals surface area contributed by atoms with E-state index in [4.69, 9.17) is 16.2 Å². The van der Waals surface area contributed by atoms with Crippen LogP contribution in [-0.4, -0.2) is 38.4 Å². The summed E-state index contributed by atoms with van der Waals surface area (Å²) in [7, 11) is 0. The van der Waals surface area contributed by atoms with Crippen LogP contribution >= 0.6 is 0 Å². The Morgan fingerprint density at radius 3 is 2.58 bits per heavy atom. The van der Waals surface area contributed by atoms with Crippen molar-refractivity contribution >= 4 is 0 Å². The average molecular weight is 175 g/mol. The fraction of sp³-hybridized carbons (Fsp3) is 1.00. The summed E-state index contributed by atoms with van der Waals surface area (Å²) >= 11 is 0. The van der Waals surface area contributed by atoms with E-state index in [9.17, 15) is 0 Å². The maximum Gasteiger partial charge on any atom is 0.0672 e. The molecule has 0 amide bonds. The monoisotopic (exact) mass is 175 g/mol. The van der Waals surface area contributed by atoms with Gasteiger partial charge in [0, 0.05) is 25.7 Å². The van der Waals surface area contributed by atoms with Gasteiger partial charge in [-0.3, -0.25) is 0 Å². The molecule has 0 aromatic carbocycles. The maximum absolute atomic E-state index is 5.53. The van der Waals surface area contributed by atoms with Crippen molar-refractivity contribution in [2.75, 3.05) is 26.2 Å². The van der Waals surface area contributed by atoms with Crippen LogP contribution in [0.2, 0.25) is 0 Å². The van der Waals surface area contributed by atoms with Gasteiger partial charge in [-0.1, -0.05) is 0 Å². The average Bonchev–Trinajstić information content (AvgIpc) is 2.01. The first-order valence-electron chi connectivity index (χ1n) is 4.44. The van der Waals surface area contributed by atoms with Gasteiger partial charge >= 0.3 is 0 Å². The molecule has 0 saturated carbocycles. The Balaban J connectivity index is 3.15. The van der Waals surface area contributed by atoms with E-state index >= 15 is 0 Å². The van der Waals surface area contributed by atoms with Gasteiger partial charge in [-0.25, -0.2) is 0 Å². The molecule has 0 rings (SSSR count). The molecule has 0 heterocycles. The van der Waals surface area contributed by atoms with E-state index in [1.807, 2.05) is 13.8 Å². The third kappa shape index (κ3) is 7.94. The molecule has 0 spiro atoms. The minimum atomic E-state index is 0.113. The fourth-order valence-corrected chi connectivity index (χ4v) is 0.782. The quantitative estimate of drug-likeness (QED) is 0.447. The summed E-state index contributed by atoms with van der Waals surface area (Å²) in [5.41, 5.74) is 10.8. The summed E-state index contributed by atoms with van der Waals surface area (Å²) in [5, 5.41) is 3.17. The summed E-state index contributed by atoms with van der Waals surface area (Å²) < 4.78 is 5.42. The van der Waals surface area contributed by atoms with Gasteiger partial charge in [0.05, 0.1) is 12.7 Å². The molecule has 0 aromatic rings. The third-order valence-electron chi connectivity index (χ3n) is 1.40. The number of nitrogens with two attached hydrogens (primary N) is 2. The lowest BCUT2D eigenvalue weighted by Gasteiger charge is -2.14. The van der Waals surface area contributed by atoms with Crippen molar-refractivity contribution in [3.05, 3.63) is 0 Å². The maximum atomic E-state index is 5.53.